The number of amides is 1. The molecule has 2 N–H and O–H groups in total. The van der Waals surface area contributed by atoms with Gasteiger partial charge in [-0.15, -0.1) is 0 Å². The summed E-state index contributed by atoms with van der Waals surface area (Å²) in [6, 6.07) is 0.478. The summed E-state index contributed by atoms with van der Waals surface area (Å²) in [7, 11) is 0. The highest BCUT2D eigenvalue weighted by Gasteiger charge is 2.29. The lowest BCUT2D eigenvalue weighted by atomic mass is 10.1. The van der Waals surface area contributed by atoms with Crippen LogP contribution in [0.1, 0.15) is 89.5 Å². The van der Waals surface area contributed by atoms with Crippen LogP contribution < -0.4 is 5.48 Å². The van der Waals surface area contributed by atoms with E-state index in [0.717, 1.165) is 26.1 Å². The van der Waals surface area contributed by atoms with E-state index in [1.165, 1.54) is 0 Å². The summed E-state index contributed by atoms with van der Waals surface area (Å²) >= 11 is 0. The largest absolute Gasteiger partial charge is 0.481 e. The number of rotatable bonds is 10. The van der Waals surface area contributed by atoms with Crippen LogP contribution >= 0.6 is 0 Å². The second kappa shape index (κ2) is 22.9. The van der Waals surface area contributed by atoms with Crippen LogP contribution in [0.25, 0.3) is 0 Å². The van der Waals surface area contributed by atoms with E-state index >= 15 is 0 Å². The highest BCUT2D eigenvalue weighted by Crippen LogP contribution is 2.21. The number of aliphatic carboxylic acids is 1. The van der Waals surface area contributed by atoms with Crippen molar-refractivity contribution < 1.29 is 33.8 Å². The minimum Gasteiger partial charge on any atom is -0.481 e. The molecule has 0 saturated carbocycles. The smallest absolute Gasteiger partial charge is 0.305 e. The molecule has 6 atom stereocenters. The van der Waals surface area contributed by atoms with Crippen LogP contribution in [0.3, 0.4) is 0 Å². The van der Waals surface area contributed by atoms with Gasteiger partial charge in [0.2, 0.25) is 5.91 Å². The van der Waals surface area contributed by atoms with Crippen LogP contribution in [0.5, 0.6) is 0 Å². The molecule has 0 unspecified atom stereocenters. The van der Waals surface area contributed by atoms with E-state index in [-0.39, 0.29) is 49.3 Å². The number of carbonyl (C=O) groups excluding carboxylic acids is 1. The molecule has 236 valence electrons. The lowest BCUT2D eigenvalue weighted by Gasteiger charge is -2.31. The average Bonchev–Trinajstić information content (AvgIpc) is 3.23. The molecular weight excluding hydrogens is 512 g/mol. The van der Waals surface area contributed by atoms with Crippen molar-refractivity contribution in [2.45, 2.75) is 114 Å². The maximum absolute atomic E-state index is 12.2. The van der Waals surface area contributed by atoms with Crippen LogP contribution in [0.15, 0.2) is 24.3 Å². The second-order valence-corrected chi connectivity index (χ2v) is 10.9. The summed E-state index contributed by atoms with van der Waals surface area (Å²) in [5.41, 5.74) is 3.03. The Morgan fingerprint density at radius 1 is 0.900 bits per heavy atom. The van der Waals surface area contributed by atoms with E-state index in [1.807, 2.05) is 40.7 Å². The van der Waals surface area contributed by atoms with E-state index in [0.29, 0.717) is 25.2 Å². The van der Waals surface area contributed by atoms with E-state index in [1.54, 1.807) is 18.9 Å². The van der Waals surface area contributed by atoms with Crippen molar-refractivity contribution in [3.63, 3.8) is 0 Å². The van der Waals surface area contributed by atoms with Crippen LogP contribution in [0.4, 0.5) is 0 Å². The molecule has 2 aliphatic rings. The van der Waals surface area contributed by atoms with Gasteiger partial charge in [-0.3, -0.25) is 19.3 Å². The fraction of sp³-hybridized carbons (Fsp3) is 0.806. The van der Waals surface area contributed by atoms with Crippen molar-refractivity contribution in [1.82, 2.24) is 10.5 Å². The van der Waals surface area contributed by atoms with E-state index in [9.17, 15) is 9.59 Å². The number of hydroxylamine groups is 3. The van der Waals surface area contributed by atoms with Gasteiger partial charge < -0.3 is 14.6 Å². The Kier molecular flexibility index (Phi) is 23.1. The Labute approximate surface area is 244 Å². The Bertz CT molecular complexity index is 726. The van der Waals surface area contributed by atoms with Crippen LogP contribution in [-0.2, 0) is 28.7 Å². The van der Waals surface area contributed by atoms with E-state index in [2.05, 4.69) is 44.5 Å². The summed E-state index contributed by atoms with van der Waals surface area (Å²) < 4.78 is 10.8. The zero-order chi connectivity index (χ0) is 30.0. The molecule has 9 nitrogen and oxygen atoms in total. The third-order valence-electron chi connectivity index (χ3n) is 6.16. The van der Waals surface area contributed by atoms with Crippen molar-refractivity contribution in [1.29, 1.82) is 0 Å². The third-order valence-corrected chi connectivity index (χ3v) is 6.16. The Morgan fingerprint density at radius 2 is 1.38 bits per heavy atom. The third kappa shape index (κ3) is 17.1. The summed E-state index contributed by atoms with van der Waals surface area (Å²) in [5.74, 6) is -0.360. The number of ether oxygens (including phenoxy) is 2. The van der Waals surface area contributed by atoms with Crippen LogP contribution in [0.2, 0.25) is 0 Å². The standard InChI is InChI=1S/C15H27NO3.C11H21NO2.C4H8O2.CH4/c1-6-18-10-12(4)14-9-7-8-13(5)16(19-14)15(17)11(2)3;1-4-13-8-9(2)11-7-5-6-10(3)12-14-11;1-3(2)4(5)6;/h7,9,11-14H,6,8,10H2,1-5H3;5,7,9-12H,4,6,8H2,1-3H3;3H,1-2H3,(H,5,6);1H4/t12-,13-,14+;9-,10-,11+;;/m11../s1. The summed E-state index contributed by atoms with van der Waals surface area (Å²) in [5, 5.41) is 9.54. The van der Waals surface area contributed by atoms with Gasteiger partial charge in [-0.1, -0.05) is 73.3 Å². The van der Waals surface area contributed by atoms with Gasteiger partial charge in [0.1, 0.15) is 12.2 Å². The predicted octanol–water partition coefficient (Wildman–Crippen LogP) is 6.05. The summed E-state index contributed by atoms with van der Waals surface area (Å²) in [6.07, 6.45) is 10.3. The molecule has 0 bridgehead atoms. The highest BCUT2D eigenvalue weighted by molar-refractivity contribution is 5.77. The molecule has 0 fully saturated rings. The SMILES string of the molecule is C.CC(C)C(=O)O.CCOC[C@@H](C)[C@@H]1C=CC[C@@H](C)N(C(=O)C(C)C)O1.CCOC[C@@H](C)[C@@H]1C=CC[C@@H](C)NO1. The molecule has 0 aromatic heterocycles. The number of carboxylic acid groups (broad SMARTS) is 1. The number of carbonyl (C=O) groups is 2. The molecule has 0 aromatic rings. The molecule has 0 aliphatic carbocycles. The highest BCUT2D eigenvalue weighted by atomic mass is 16.7. The topological polar surface area (TPSA) is 107 Å². The maximum Gasteiger partial charge on any atom is 0.305 e. The van der Waals surface area contributed by atoms with Gasteiger partial charge >= 0.3 is 5.97 Å². The number of nitrogens with zero attached hydrogens (tertiary/aromatic N) is 1. The van der Waals surface area contributed by atoms with Crippen molar-refractivity contribution in [3.8, 4) is 0 Å². The Balaban J connectivity index is 0. The Hall–Kier alpha value is -1.78. The first-order chi connectivity index (χ1) is 18.3. The molecule has 0 spiro atoms. The molecule has 40 heavy (non-hydrogen) atoms. The molecule has 9 heteroatoms. The second-order valence-electron chi connectivity index (χ2n) is 10.9. The Morgan fingerprint density at radius 3 is 1.85 bits per heavy atom. The van der Waals surface area contributed by atoms with Gasteiger partial charge in [0.25, 0.3) is 0 Å². The monoisotopic (exact) mass is 572 g/mol. The van der Waals surface area contributed by atoms with Gasteiger partial charge in [0, 0.05) is 37.0 Å². The fourth-order valence-corrected chi connectivity index (χ4v) is 3.39. The first-order valence-electron chi connectivity index (χ1n) is 14.5. The zero-order valence-corrected chi connectivity index (χ0v) is 26.0. The molecule has 0 saturated heterocycles. The minimum absolute atomic E-state index is 0. The van der Waals surface area contributed by atoms with Crippen molar-refractivity contribution in [2.24, 2.45) is 23.7 Å². The molecular formula is C31H60N2O7. The molecule has 1 amide bonds. The predicted molar refractivity (Wildman–Crippen MR) is 162 cm³/mol. The van der Waals surface area contributed by atoms with Crippen molar-refractivity contribution in [2.75, 3.05) is 26.4 Å². The first-order valence-corrected chi connectivity index (χ1v) is 14.5. The van der Waals surface area contributed by atoms with Gasteiger partial charge in [0.05, 0.1) is 25.2 Å². The van der Waals surface area contributed by atoms with Crippen LogP contribution in [0, 0.1) is 23.7 Å². The summed E-state index contributed by atoms with van der Waals surface area (Å²) in [6.45, 7) is 22.3. The number of hydrogen-bond donors (Lipinski definition) is 2. The summed E-state index contributed by atoms with van der Waals surface area (Å²) in [4.78, 5) is 33.4. The van der Waals surface area contributed by atoms with Gasteiger partial charge in [-0.2, -0.15) is 5.48 Å². The normalized spacial score (nSPS) is 23.9. The van der Waals surface area contributed by atoms with Crippen molar-refractivity contribution >= 4 is 11.9 Å². The van der Waals surface area contributed by atoms with Gasteiger partial charge in [-0.05, 0) is 40.5 Å². The average molecular weight is 573 g/mol. The molecule has 2 rings (SSSR count). The lowest BCUT2D eigenvalue weighted by Crippen LogP contribution is -2.43. The number of hydrogen-bond acceptors (Lipinski definition) is 7. The maximum atomic E-state index is 12.2. The van der Waals surface area contributed by atoms with Crippen molar-refractivity contribution in [3.05, 3.63) is 24.3 Å². The quantitative estimate of drug-likeness (QED) is 0.305. The molecule has 2 aliphatic heterocycles. The molecule has 0 radical (unpaired) electrons. The van der Waals surface area contributed by atoms with E-state index < -0.39 is 5.97 Å². The first kappa shape index (κ1) is 40.4. The van der Waals surface area contributed by atoms with Crippen LogP contribution in [-0.4, -0.2) is 72.8 Å². The molecule has 2 heterocycles. The number of carboxylic acids is 1. The number of nitrogens with one attached hydrogen (secondary N) is 1. The van der Waals surface area contributed by atoms with E-state index in [4.69, 9.17) is 24.3 Å². The minimum atomic E-state index is -0.741. The fourth-order valence-electron chi connectivity index (χ4n) is 3.39. The zero-order valence-electron chi connectivity index (χ0n) is 26.0. The van der Waals surface area contributed by atoms with Gasteiger partial charge in [0.15, 0.2) is 0 Å². The molecule has 0 aromatic carbocycles. The van der Waals surface area contributed by atoms with Gasteiger partial charge in [-0.25, -0.2) is 5.06 Å². The lowest BCUT2D eigenvalue weighted by molar-refractivity contribution is -0.221.